The highest BCUT2D eigenvalue weighted by molar-refractivity contribution is 7.67. The van der Waals surface area contributed by atoms with E-state index in [1.54, 1.807) is 37.4 Å². The van der Waals surface area contributed by atoms with Crippen molar-refractivity contribution in [1.29, 1.82) is 0 Å². The number of aliphatic hydroxyl groups excluding tert-OH is 1. The first-order valence-electron chi connectivity index (χ1n) is 10.3. The summed E-state index contributed by atoms with van der Waals surface area (Å²) < 4.78 is 31.4. The first-order valence-corrected chi connectivity index (χ1v) is 12.0. The van der Waals surface area contributed by atoms with E-state index in [2.05, 4.69) is 0 Å². The van der Waals surface area contributed by atoms with Gasteiger partial charge >= 0.3 is 0 Å². The Morgan fingerprint density at radius 2 is 1.67 bits per heavy atom. The largest absolute Gasteiger partial charge is 0.497 e. The third-order valence-electron chi connectivity index (χ3n) is 5.62. The molecule has 0 amide bonds. The average Bonchev–Trinajstić information content (AvgIpc) is 2.78. The van der Waals surface area contributed by atoms with Gasteiger partial charge in [0, 0.05) is 30.7 Å². The van der Waals surface area contributed by atoms with Gasteiger partial charge in [-0.05, 0) is 55.3 Å². The lowest BCUT2D eigenvalue weighted by molar-refractivity contribution is 0.136. The van der Waals surface area contributed by atoms with Crippen LogP contribution in [0.2, 0.25) is 0 Å². The topological polar surface area (TPSA) is 68.2 Å². The van der Waals surface area contributed by atoms with Gasteiger partial charge in [-0.3, -0.25) is 4.57 Å². The van der Waals surface area contributed by atoms with Crippen LogP contribution in [0.4, 0.5) is 5.69 Å². The fraction of sp³-hybridized carbons (Fsp3) is 0.478. The molecule has 0 aliphatic heterocycles. The summed E-state index contributed by atoms with van der Waals surface area (Å²) in [5.74, 6) is -0.368. The van der Waals surface area contributed by atoms with Crippen LogP contribution in [0.15, 0.2) is 42.5 Å². The van der Waals surface area contributed by atoms with Gasteiger partial charge in [0.25, 0.3) is 7.37 Å². The molecule has 1 N–H and O–H groups in total. The van der Waals surface area contributed by atoms with E-state index in [1.165, 1.54) is 7.11 Å². The number of anilines is 1. The van der Waals surface area contributed by atoms with Gasteiger partial charge in [0.1, 0.15) is 11.5 Å². The van der Waals surface area contributed by atoms with Crippen molar-refractivity contribution < 1.29 is 23.7 Å². The molecule has 2 aromatic rings. The quantitative estimate of drug-likeness (QED) is 0.608. The minimum absolute atomic E-state index is 0.135. The normalized spacial score (nSPS) is 17.8. The highest BCUT2D eigenvalue weighted by Crippen LogP contribution is 2.61. The molecule has 164 valence electrons. The Bertz CT molecular complexity index is 878. The fourth-order valence-corrected chi connectivity index (χ4v) is 6.14. The monoisotopic (exact) mass is 433 g/mol. The second-order valence-corrected chi connectivity index (χ2v) is 10.3. The molecule has 30 heavy (non-hydrogen) atoms. The molecule has 2 atom stereocenters. The van der Waals surface area contributed by atoms with Gasteiger partial charge in [-0.2, -0.15) is 0 Å². The van der Waals surface area contributed by atoms with Crippen LogP contribution >= 0.6 is 7.37 Å². The molecule has 6 nitrogen and oxygen atoms in total. The molecule has 0 bridgehead atoms. The minimum atomic E-state index is -3.67. The number of hydrogen-bond donors (Lipinski definition) is 1. The van der Waals surface area contributed by atoms with Crippen molar-refractivity contribution in [3.8, 4) is 11.5 Å². The van der Waals surface area contributed by atoms with Crippen LogP contribution in [0.3, 0.4) is 0 Å². The molecule has 1 saturated carbocycles. The lowest BCUT2D eigenvalue weighted by Crippen LogP contribution is -2.22. The van der Waals surface area contributed by atoms with Crippen molar-refractivity contribution in [2.75, 3.05) is 33.2 Å². The zero-order chi connectivity index (χ0) is 21.7. The Morgan fingerprint density at radius 3 is 2.23 bits per heavy atom. The molecule has 0 heterocycles. The zero-order valence-corrected chi connectivity index (χ0v) is 19.1. The molecule has 1 aliphatic carbocycles. The average molecular weight is 433 g/mol. The summed E-state index contributed by atoms with van der Waals surface area (Å²) in [6.07, 6.45) is 4.81. The SMILES string of the molecule is COc1ccc(OC)c([C@@H](O)[P@@](=O)(OC2CCCCC2)c2ccc(N(C)C)cc2)c1. The van der Waals surface area contributed by atoms with Crippen molar-refractivity contribution in [3.05, 3.63) is 48.0 Å². The first-order chi connectivity index (χ1) is 14.4. The molecular weight excluding hydrogens is 401 g/mol. The van der Waals surface area contributed by atoms with Crippen LogP contribution in [0.5, 0.6) is 11.5 Å². The Balaban J connectivity index is 2.05. The molecule has 1 aliphatic rings. The van der Waals surface area contributed by atoms with Crippen molar-refractivity contribution in [2.24, 2.45) is 0 Å². The number of nitrogens with zero attached hydrogens (tertiary/aromatic N) is 1. The molecule has 0 saturated heterocycles. The summed E-state index contributed by atoms with van der Waals surface area (Å²) in [4.78, 5) is 1.97. The highest BCUT2D eigenvalue weighted by Gasteiger charge is 2.40. The van der Waals surface area contributed by atoms with Gasteiger partial charge in [0.15, 0.2) is 5.85 Å². The van der Waals surface area contributed by atoms with E-state index in [0.29, 0.717) is 22.4 Å². The number of hydrogen-bond acceptors (Lipinski definition) is 6. The maximum atomic E-state index is 14.4. The van der Waals surface area contributed by atoms with Crippen molar-refractivity contribution in [1.82, 2.24) is 0 Å². The van der Waals surface area contributed by atoms with Crippen LogP contribution in [0.1, 0.15) is 43.5 Å². The van der Waals surface area contributed by atoms with E-state index in [4.69, 9.17) is 14.0 Å². The zero-order valence-electron chi connectivity index (χ0n) is 18.2. The minimum Gasteiger partial charge on any atom is -0.497 e. The standard InChI is InChI=1S/C23H32NO5P/c1-24(2)17-10-13-20(14-11-17)30(26,29-18-8-6-5-7-9-18)23(25)21-16-19(27-3)12-15-22(21)28-4/h10-16,18,23,25H,5-9H2,1-4H3/t23-,30-/m0/s1. The first kappa shape index (κ1) is 22.7. The van der Waals surface area contributed by atoms with Crippen LogP contribution in [-0.4, -0.2) is 39.5 Å². The maximum absolute atomic E-state index is 14.4. The summed E-state index contributed by atoms with van der Waals surface area (Å²) in [5, 5.41) is 11.9. The second kappa shape index (κ2) is 9.86. The summed E-state index contributed by atoms with van der Waals surface area (Å²) in [6, 6.07) is 12.5. The number of rotatable bonds is 8. The summed E-state index contributed by atoms with van der Waals surface area (Å²) in [5.41, 5.74) is 1.38. The molecule has 0 spiro atoms. The summed E-state index contributed by atoms with van der Waals surface area (Å²) in [7, 11) is 3.30. The number of methoxy groups -OCH3 is 2. The Kier molecular flexibility index (Phi) is 7.45. The van der Waals surface area contributed by atoms with Crippen molar-refractivity contribution in [2.45, 2.75) is 44.1 Å². The van der Waals surface area contributed by atoms with Gasteiger partial charge in [0.05, 0.1) is 20.3 Å². The van der Waals surface area contributed by atoms with Crippen molar-refractivity contribution in [3.63, 3.8) is 0 Å². The number of ether oxygens (including phenoxy) is 2. The van der Waals surface area contributed by atoms with Gasteiger partial charge < -0.3 is 24.0 Å². The van der Waals surface area contributed by atoms with Gasteiger partial charge in [0.2, 0.25) is 0 Å². The second-order valence-electron chi connectivity index (χ2n) is 7.85. The predicted molar refractivity (Wildman–Crippen MR) is 120 cm³/mol. The van der Waals surface area contributed by atoms with E-state index in [9.17, 15) is 9.67 Å². The van der Waals surface area contributed by atoms with Crippen LogP contribution in [-0.2, 0) is 9.09 Å². The van der Waals surface area contributed by atoms with Crippen molar-refractivity contribution >= 4 is 18.4 Å². The van der Waals surface area contributed by atoms with E-state index in [1.807, 2.05) is 31.1 Å². The molecular formula is C23H32NO5P. The smallest absolute Gasteiger partial charge is 0.264 e. The third-order valence-corrected chi connectivity index (χ3v) is 8.17. The van der Waals surface area contributed by atoms with Gasteiger partial charge in [-0.25, -0.2) is 0 Å². The summed E-state index contributed by atoms with van der Waals surface area (Å²) in [6.45, 7) is 0. The van der Waals surface area contributed by atoms with Gasteiger partial charge in [-0.15, -0.1) is 0 Å². The lowest BCUT2D eigenvalue weighted by Gasteiger charge is -2.31. The van der Waals surface area contributed by atoms with Crippen LogP contribution in [0.25, 0.3) is 0 Å². The van der Waals surface area contributed by atoms with Crippen LogP contribution < -0.4 is 19.7 Å². The predicted octanol–water partition coefficient (Wildman–Crippen LogP) is 4.71. The fourth-order valence-electron chi connectivity index (χ4n) is 3.83. The van der Waals surface area contributed by atoms with E-state index < -0.39 is 13.2 Å². The Hall–Kier alpha value is -2.01. The van der Waals surface area contributed by atoms with E-state index >= 15 is 0 Å². The molecule has 0 unspecified atom stereocenters. The van der Waals surface area contributed by atoms with E-state index in [-0.39, 0.29) is 6.10 Å². The molecule has 3 rings (SSSR count). The summed E-state index contributed by atoms with van der Waals surface area (Å²) >= 11 is 0. The molecule has 0 aromatic heterocycles. The van der Waals surface area contributed by atoms with E-state index in [0.717, 1.165) is 37.8 Å². The Labute approximate surface area is 179 Å². The number of benzene rings is 2. The highest BCUT2D eigenvalue weighted by atomic mass is 31.2. The molecule has 2 aromatic carbocycles. The lowest BCUT2D eigenvalue weighted by atomic mass is 9.98. The molecule has 7 heteroatoms. The number of aliphatic hydroxyl groups is 1. The maximum Gasteiger partial charge on any atom is 0.264 e. The molecule has 1 fully saturated rings. The van der Waals surface area contributed by atoms with Gasteiger partial charge in [-0.1, -0.05) is 19.3 Å². The third kappa shape index (κ3) is 4.83. The Morgan fingerprint density at radius 1 is 1.00 bits per heavy atom. The molecule has 0 radical (unpaired) electrons. The van der Waals surface area contributed by atoms with Crippen LogP contribution in [0, 0.1) is 0 Å².